The fourth-order valence-electron chi connectivity index (χ4n) is 3.58. The van der Waals surface area contributed by atoms with Crippen LogP contribution in [0.4, 0.5) is 4.39 Å². The van der Waals surface area contributed by atoms with Crippen molar-refractivity contribution >= 4 is 5.97 Å². The molecule has 24 heavy (non-hydrogen) atoms. The van der Waals surface area contributed by atoms with Crippen LogP contribution in [-0.2, 0) is 13.1 Å². The van der Waals surface area contributed by atoms with E-state index in [1.165, 1.54) is 36.3 Å². The SMILES string of the molecule is O=C([O-])c1ccc(C[NH+](Cc2cccc(F)c2)C2CCCCC2)o1. The van der Waals surface area contributed by atoms with Crippen molar-refractivity contribution in [3.63, 3.8) is 0 Å². The normalized spacial score (nSPS) is 16.9. The molecule has 0 aliphatic heterocycles. The number of carboxylic acids is 1. The molecule has 1 unspecified atom stereocenters. The summed E-state index contributed by atoms with van der Waals surface area (Å²) in [4.78, 5) is 12.2. The minimum atomic E-state index is -1.30. The maximum Gasteiger partial charge on any atom is 0.159 e. The van der Waals surface area contributed by atoms with Crippen LogP contribution in [0.2, 0.25) is 0 Å². The summed E-state index contributed by atoms with van der Waals surface area (Å²) in [5, 5.41) is 10.9. The van der Waals surface area contributed by atoms with Gasteiger partial charge in [-0.1, -0.05) is 18.6 Å². The monoisotopic (exact) mass is 331 g/mol. The van der Waals surface area contributed by atoms with Crippen LogP contribution in [0.3, 0.4) is 0 Å². The average molecular weight is 331 g/mol. The number of furan rings is 1. The third kappa shape index (κ3) is 4.23. The molecule has 0 spiro atoms. The Bertz CT molecular complexity index is 691. The molecule has 1 fully saturated rings. The van der Waals surface area contributed by atoms with Gasteiger partial charge in [0.15, 0.2) is 5.76 Å². The third-order valence-corrected chi connectivity index (χ3v) is 4.77. The minimum absolute atomic E-state index is 0.140. The lowest BCUT2D eigenvalue weighted by Gasteiger charge is -2.31. The maximum atomic E-state index is 13.5. The second-order valence-corrected chi connectivity index (χ2v) is 6.53. The van der Waals surface area contributed by atoms with E-state index in [0.717, 1.165) is 18.4 Å². The summed E-state index contributed by atoms with van der Waals surface area (Å²) in [5.41, 5.74) is 0.947. The molecular formula is C19H22FNO3. The number of hydrogen-bond donors (Lipinski definition) is 1. The van der Waals surface area contributed by atoms with Gasteiger partial charge in [0, 0.05) is 5.56 Å². The van der Waals surface area contributed by atoms with E-state index in [1.54, 1.807) is 18.2 Å². The highest BCUT2D eigenvalue weighted by Gasteiger charge is 2.26. The standard InChI is InChI=1S/C19H22FNO3/c20-15-6-4-5-14(11-15)12-21(16-7-2-1-3-8-16)13-17-9-10-18(24-17)19(22)23/h4-6,9-11,16H,1-3,7-8,12-13H2,(H,22,23). The molecule has 1 aliphatic carbocycles. The molecule has 1 saturated carbocycles. The van der Waals surface area contributed by atoms with Gasteiger partial charge in [-0.15, -0.1) is 0 Å². The first kappa shape index (κ1) is 16.7. The van der Waals surface area contributed by atoms with Crippen LogP contribution < -0.4 is 10.0 Å². The summed E-state index contributed by atoms with van der Waals surface area (Å²) in [6.45, 7) is 1.29. The van der Waals surface area contributed by atoms with Crippen LogP contribution in [0.5, 0.6) is 0 Å². The molecule has 0 radical (unpaired) electrons. The van der Waals surface area contributed by atoms with Gasteiger partial charge in [0.2, 0.25) is 0 Å². The summed E-state index contributed by atoms with van der Waals surface area (Å²) < 4.78 is 18.8. The third-order valence-electron chi connectivity index (χ3n) is 4.77. The minimum Gasteiger partial charge on any atom is -0.542 e. The summed E-state index contributed by atoms with van der Waals surface area (Å²) in [7, 11) is 0. The number of quaternary nitrogens is 1. The molecule has 1 atom stereocenters. The lowest BCUT2D eigenvalue weighted by Crippen LogP contribution is -3.13. The summed E-state index contributed by atoms with van der Waals surface area (Å²) in [6.07, 6.45) is 5.95. The van der Waals surface area contributed by atoms with Crippen LogP contribution in [0.15, 0.2) is 40.8 Å². The maximum absolute atomic E-state index is 13.5. The fraction of sp³-hybridized carbons (Fsp3) is 0.421. The largest absolute Gasteiger partial charge is 0.542 e. The summed E-state index contributed by atoms with van der Waals surface area (Å²) in [5.74, 6) is -1.04. The molecular weight excluding hydrogens is 309 g/mol. The summed E-state index contributed by atoms with van der Waals surface area (Å²) >= 11 is 0. The van der Waals surface area contributed by atoms with Crippen molar-refractivity contribution in [3.05, 3.63) is 59.3 Å². The molecule has 2 aromatic rings. The predicted molar refractivity (Wildman–Crippen MR) is 84.7 cm³/mol. The molecule has 5 heteroatoms. The van der Waals surface area contributed by atoms with Crippen LogP contribution in [0.25, 0.3) is 0 Å². The molecule has 3 rings (SSSR count). The van der Waals surface area contributed by atoms with Gasteiger partial charge in [-0.3, -0.25) is 0 Å². The number of rotatable bonds is 6. The Balaban J connectivity index is 1.76. The van der Waals surface area contributed by atoms with Crippen molar-refractivity contribution in [2.45, 2.75) is 51.2 Å². The number of halogens is 1. The fourth-order valence-corrected chi connectivity index (χ4v) is 3.58. The highest BCUT2D eigenvalue weighted by molar-refractivity contribution is 5.82. The van der Waals surface area contributed by atoms with Crippen molar-refractivity contribution < 1.29 is 23.6 Å². The molecule has 1 aliphatic rings. The van der Waals surface area contributed by atoms with Crippen LogP contribution in [0, 0.1) is 5.82 Å². The van der Waals surface area contributed by atoms with E-state index >= 15 is 0 Å². The molecule has 0 bridgehead atoms. The number of nitrogens with one attached hydrogen (secondary N) is 1. The Hall–Kier alpha value is -2.14. The van der Waals surface area contributed by atoms with Crippen molar-refractivity contribution in [1.29, 1.82) is 0 Å². The van der Waals surface area contributed by atoms with Gasteiger partial charge in [-0.05, 0) is 49.9 Å². The lowest BCUT2D eigenvalue weighted by molar-refractivity contribution is -0.954. The van der Waals surface area contributed by atoms with Gasteiger partial charge in [-0.25, -0.2) is 4.39 Å². The first-order chi connectivity index (χ1) is 11.6. The van der Waals surface area contributed by atoms with Crippen molar-refractivity contribution in [1.82, 2.24) is 0 Å². The van der Waals surface area contributed by atoms with Gasteiger partial charge in [0.05, 0.1) is 6.04 Å². The van der Waals surface area contributed by atoms with E-state index in [0.29, 0.717) is 24.9 Å². The smallest absolute Gasteiger partial charge is 0.159 e. The Labute approximate surface area is 140 Å². The van der Waals surface area contributed by atoms with Crippen LogP contribution in [-0.4, -0.2) is 12.0 Å². The number of carboxylic acid groups (broad SMARTS) is 1. The first-order valence-electron chi connectivity index (χ1n) is 8.51. The molecule has 128 valence electrons. The zero-order valence-corrected chi connectivity index (χ0v) is 13.6. The second kappa shape index (κ2) is 7.62. The van der Waals surface area contributed by atoms with Crippen molar-refractivity contribution in [2.75, 3.05) is 0 Å². The number of benzene rings is 1. The van der Waals surface area contributed by atoms with E-state index in [9.17, 15) is 14.3 Å². The summed E-state index contributed by atoms with van der Waals surface area (Å²) in [6, 6.07) is 10.3. The Morgan fingerprint density at radius 3 is 2.62 bits per heavy atom. The highest BCUT2D eigenvalue weighted by atomic mass is 19.1. The predicted octanol–water partition coefficient (Wildman–Crippen LogP) is 1.70. The zero-order valence-electron chi connectivity index (χ0n) is 13.6. The Kier molecular flexibility index (Phi) is 5.30. The lowest BCUT2D eigenvalue weighted by atomic mass is 9.93. The average Bonchev–Trinajstić information content (AvgIpc) is 3.04. The number of carbonyl (C=O) groups is 1. The zero-order chi connectivity index (χ0) is 16.9. The molecule has 0 amide bonds. The van der Waals surface area contributed by atoms with Crippen molar-refractivity contribution in [2.24, 2.45) is 0 Å². The van der Waals surface area contributed by atoms with E-state index < -0.39 is 5.97 Å². The Morgan fingerprint density at radius 2 is 1.96 bits per heavy atom. The molecule has 1 heterocycles. The Morgan fingerprint density at radius 1 is 1.17 bits per heavy atom. The van der Waals surface area contributed by atoms with E-state index in [1.807, 2.05) is 6.07 Å². The first-order valence-corrected chi connectivity index (χ1v) is 8.51. The topological polar surface area (TPSA) is 57.7 Å². The van der Waals surface area contributed by atoms with E-state index in [2.05, 4.69) is 0 Å². The van der Waals surface area contributed by atoms with Crippen LogP contribution >= 0.6 is 0 Å². The number of aromatic carboxylic acids is 1. The van der Waals surface area contributed by atoms with Gasteiger partial charge in [-0.2, -0.15) is 0 Å². The van der Waals surface area contributed by atoms with Crippen molar-refractivity contribution in [3.8, 4) is 0 Å². The van der Waals surface area contributed by atoms with Gasteiger partial charge >= 0.3 is 0 Å². The molecule has 1 aromatic carbocycles. The van der Waals surface area contributed by atoms with Gasteiger partial charge in [0.25, 0.3) is 0 Å². The van der Waals surface area contributed by atoms with Gasteiger partial charge in [0.1, 0.15) is 30.6 Å². The molecule has 0 saturated heterocycles. The number of carbonyl (C=O) groups excluding carboxylic acids is 1. The second-order valence-electron chi connectivity index (χ2n) is 6.53. The quantitative estimate of drug-likeness (QED) is 0.876. The van der Waals surface area contributed by atoms with Gasteiger partial charge < -0.3 is 19.2 Å². The molecule has 1 aromatic heterocycles. The highest BCUT2D eigenvalue weighted by Crippen LogP contribution is 2.17. The van der Waals surface area contributed by atoms with E-state index in [-0.39, 0.29) is 11.6 Å². The number of hydrogen-bond acceptors (Lipinski definition) is 3. The van der Waals surface area contributed by atoms with E-state index in [4.69, 9.17) is 4.42 Å². The molecule has 1 N–H and O–H groups in total. The van der Waals surface area contributed by atoms with Crippen LogP contribution in [0.1, 0.15) is 54.0 Å². The molecule has 4 nitrogen and oxygen atoms in total.